The first-order valence-electron chi connectivity index (χ1n) is 5.89. The molecule has 0 bridgehead atoms. The Labute approximate surface area is 105 Å². The second kappa shape index (κ2) is 4.00. The summed E-state index contributed by atoms with van der Waals surface area (Å²) in [6.07, 6.45) is 2.63. The fourth-order valence-corrected chi connectivity index (χ4v) is 3.77. The van der Waals surface area contributed by atoms with Gasteiger partial charge in [-0.3, -0.25) is 4.98 Å². The summed E-state index contributed by atoms with van der Waals surface area (Å²) in [7, 11) is 0. The third kappa shape index (κ3) is 1.74. The van der Waals surface area contributed by atoms with Crippen LogP contribution in [0.15, 0.2) is 36.5 Å². The highest BCUT2D eigenvalue weighted by Crippen LogP contribution is 2.43. The van der Waals surface area contributed by atoms with Gasteiger partial charge < -0.3 is 5.11 Å². The summed E-state index contributed by atoms with van der Waals surface area (Å²) < 4.78 is 0. The first kappa shape index (κ1) is 11.1. The number of nitrogens with zero attached hydrogens (tertiary/aromatic N) is 1. The molecule has 1 N–H and O–H groups in total. The summed E-state index contributed by atoms with van der Waals surface area (Å²) in [4.78, 5) is 4.30. The molecule has 1 saturated heterocycles. The quantitative estimate of drug-likeness (QED) is 0.838. The van der Waals surface area contributed by atoms with E-state index < -0.39 is 5.60 Å². The summed E-state index contributed by atoms with van der Waals surface area (Å²) in [5.41, 5.74) is 1.34. The van der Waals surface area contributed by atoms with Gasteiger partial charge in [0.1, 0.15) is 5.60 Å². The zero-order valence-electron chi connectivity index (χ0n) is 9.76. The van der Waals surface area contributed by atoms with E-state index in [0.29, 0.717) is 0 Å². The van der Waals surface area contributed by atoms with E-state index in [9.17, 15) is 5.11 Å². The lowest BCUT2D eigenvalue weighted by Gasteiger charge is -2.27. The number of aromatic nitrogens is 1. The third-order valence-electron chi connectivity index (χ3n) is 3.63. The predicted octanol–water partition coefficient (Wildman–Crippen LogP) is 2.95. The molecule has 2 atom stereocenters. The summed E-state index contributed by atoms with van der Waals surface area (Å²) in [5.74, 6) is 1.03. The fraction of sp³-hybridized carbons (Fsp3) is 0.357. The lowest BCUT2D eigenvalue weighted by molar-refractivity contribution is 0.0428. The van der Waals surface area contributed by atoms with E-state index in [1.54, 1.807) is 6.20 Å². The van der Waals surface area contributed by atoms with Gasteiger partial charge >= 0.3 is 0 Å². The van der Waals surface area contributed by atoms with Crippen molar-refractivity contribution < 1.29 is 5.11 Å². The van der Waals surface area contributed by atoms with Gasteiger partial charge in [0.25, 0.3) is 0 Å². The summed E-state index contributed by atoms with van der Waals surface area (Å²) in [6.45, 7) is 2.10. The lowest BCUT2D eigenvalue weighted by Crippen LogP contribution is -2.31. The molecule has 0 amide bonds. The van der Waals surface area contributed by atoms with Crippen molar-refractivity contribution in [3.63, 3.8) is 0 Å². The van der Waals surface area contributed by atoms with Gasteiger partial charge in [0, 0.05) is 16.8 Å². The Kier molecular flexibility index (Phi) is 2.60. The Hall–Kier alpha value is -1.06. The number of pyridine rings is 1. The van der Waals surface area contributed by atoms with Crippen LogP contribution in [0.3, 0.4) is 0 Å². The smallest absolute Gasteiger partial charge is 0.102 e. The highest BCUT2D eigenvalue weighted by Gasteiger charge is 2.40. The maximum Gasteiger partial charge on any atom is 0.102 e. The molecule has 1 aromatic heterocycles. The molecule has 1 fully saturated rings. The molecule has 17 heavy (non-hydrogen) atoms. The van der Waals surface area contributed by atoms with Crippen LogP contribution in [-0.4, -0.2) is 21.1 Å². The highest BCUT2D eigenvalue weighted by molar-refractivity contribution is 8.00. The summed E-state index contributed by atoms with van der Waals surface area (Å²) in [5, 5.41) is 12.1. The predicted molar refractivity (Wildman–Crippen MR) is 72.2 cm³/mol. The van der Waals surface area contributed by atoms with Crippen LogP contribution >= 0.6 is 11.8 Å². The first-order chi connectivity index (χ1) is 8.20. The minimum atomic E-state index is -0.672. The normalized spacial score (nSPS) is 28.7. The van der Waals surface area contributed by atoms with Gasteiger partial charge in [-0.2, -0.15) is 11.8 Å². The zero-order valence-corrected chi connectivity index (χ0v) is 10.6. The Morgan fingerprint density at radius 2 is 2.29 bits per heavy atom. The van der Waals surface area contributed by atoms with Gasteiger partial charge in [-0.15, -0.1) is 0 Å². The molecular weight excluding hydrogens is 230 g/mol. The van der Waals surface area contributed by atoms with Crippen LogP contribution in [0.2, 0.25) is 0 Å². The molecule has 88 valence electrons. The van der Waals surface area contributed by atoms with Gasteiger partial charge in [-0.1, -0.05) is 19.1 Å². The summed E-state index contributed by atoms with van der Waals surface area (Å²) in [6, 6.07) is 10.1. The van der Waals surface area contributed by atoms with E-state index in [4.69, 9.17) is 0 Å². The van der Waals surface area contributed by atoms with Crippen molar-refractivity contribution in [2.24, 2.45) is 0 Å². The Morgan fingerprint density at radius 1 is 1.41 bits per heavy atom. The van der Waals surface area contributed by atoms with Crippen LogP contribution in [0.1, 0.15) is 18.9 Å². The van der Waals surface area contributed by atoms with Gasteiger partial charge in [-0.25, -0.2) is 0 Å². The Balaban J connectivity index is 2.12. The highest BCUT2D eigenvalue weighted by atomic mass is 32.2. The second-order valence-corrected chi connectivity index (χ2v) is 6.05. The van der Waals surface area contributed by atoms with Crippen molar-refractivity contribution in [3.8, 4) is 0 Å². The number of hydrogen-bond donors (Lipinski definition) is 1. The van der Waals surface area contributed by atoms with Gasteiger partial charge in [0.05, 0.1) is 5.52 Å². The van der Waals surface area contributed by atoms with Crippen LogP contribution < -0.4 is 0 Å². The van der Waals surface area contributed by atoms with Crippen LogP contribution in [-0.2, 0) is 5.60 Å². The van der Waals surface area contributed by atoms with Crippen LogP contribution in [0.5, 0.6) is 0 Å². The van der Waals surface area contributed by atoms with E-state index in [2.05, 4.69) is 18.0 Å². The van der Waals surface area contributed by atoms with E-state index in [1.807, 2.05) is 36.0 Å². The molecule has 3 heteroatoms. The second-order valence-electron chi connectivity index (χ2n) is 4.60. The molecule has 2 nitrogen and oxygen atoms in total. The van der Waals surface area contributed by atoms with Crippen molar-refractivity contribution in [1.82, 2.24) is 4.98 Å². The molecule has 2 heterocycles. The molecule has 0 radical (unpaired) electrons. The van der Waals surface area contributed by atoms with Gasteiger partial charge in [-0.05, 0) is 35.9 Å². The Morgan fingerprint density at radius 3 is 3.06 bits per heavy atom. The number of hydrogen-bond acceptors (Lipinski definition) is 3. The summed E-state index contributed by atoms with van der Waals surface area (Å²) >= 11 is 1.84. The average Bonchev–Trinajstić information content (AvgIpc) is 2.70. The molecule has 3 rings (SSSR count). The minimum Gasteiger partial charge on any atom is -0.384 e. The van der Waals surface area contributed by atoms with E-state index in [1.165, 1.54) is 0 Å². The molecule has 0 spiro atoms. The maximum absolute atomic E-state index is 10.7. The number of thioether (sulfide) groups is 1. The van der Waals surface area contributed by atoms with E-state index in [-0.39, 0.29) is 5.25 Å². The van der Waals surface area contributed by atoms with Crippen LogP contribution in [0.4, 0.5) is 0 Å². The fourth-order valence-electron chi connectivity index (χ4n) is 2.46. The standard InChI is InChI=1S/C14H15NOS/c1-10-14(16,6-8-17-10)12-4-5-13-11(9-12)3-2-7-15-13/h2-5,7,9-10,16H,6,8H2,1H3. The van der Waals surface area contributed by atoms with Crippen molar-refractivity contribution in [1.29, 1.82) is 0 Å². The minimum absolute atomic E-state index is 0.261. The van der Waals surface area contributed by atoms with Crippen molar-refractivity contribution >= 4 is 22.7 Å². The largest absolute Gasteiger partial charge is 0.384 e. The number of aliphatic hydroxyl groups is 1. The maximum atomic E-state index is 10.7. The number of benzene rings is 1. The monoisotopic (exact) mass is 245 g/mol. The molecule has 2 unspecified atom stereocenters. The van der Waals surface area contributed by atoms with Gasteiger partial charge in [0.15, 0.2) is 0 Å². The number of rotatable bonds is 1. The molecule has 0 saturated carbocycles. The van der Waals surface area contributed by atoms with E-state index >= 15 is 0 Å². The lowest BCUT2D eigenvalue weighted by atomic mass is 9.88. The molecule has 1 aliphatic heterocycles. The molecule has 1 aromatic carbocycles. The third-order valence-corrected chi connectivity index (χ3v) is 4.96. The molecule has 2 aromatic rings. The van der Waals surface area contributed by atoms with Crippen molar-refractivity contribution in [2.45, 2.75) is 24.2 Å². The van der Waals surface area contributed by atoms with Crippen LogP contribution in [0, 0.1) is 0 Å². The SMILES string of the molecule is CC1SCCC1(O)c1ccc2ncccc2c1. The van der Waals surface area contributed by atoms with Crippen molar-refractivity contribution in [3.05, 3.63) is 42.1 Å². The Bertz CT molecular complexity index is 557. The zero-order chi connectivity index (χ0) is 11.9. The van der Waals surface area contributed by atoms with Crippen LogP contribution in [0.25, 0.3) is 10.9 Å². The number of fused-ring (bicyclic) bond motifs is 1. The first-order valence-corrected chi connectivity index (χ1v) is 6.94. The molecular formula is C14H15NOS. The van der Waals surface area contributed by atoms with Gasteiger partial charge in [0.2, 0.25) is 0 Å². The molecule has 1 aliphatic rings. The average molecular weight is 245 g/mol. The molecule has 0 aliphatic carbocycles. The van der Waals surface area contributed by atoms with Crippen molar-refractivity contribution in [2.75, 3.05) is 5.75 Å². The topological polar surface area (TPSA) is 33.1 Å². The van der Waals surface area contributed by atoms with E-state index in [0.717, 1.165) is 28.6 Å².